The quantitative estimate of drug-likeness (QED) is 0.174. The van der Waals surface area contributed by atoms with Gasteiger partial charge in [-0.25, -0.2) is 0 Å². The predicted octanol–water partition coefficient (Wildman–Crippen LogP) is 16.9. The third-order valence-corrected chi connectivity index (χ3v) is 6.62. The summed E-state index contributed by atoms with van der Waals surface area (Å²) in [5.41, 5.74) is 10.0. The molecule has 0 saturated heterocycles. The highest BCUT2D eigenvalue weighted by Crippen LogP contribution is 2.10. The molecule has 4 aromatic carbocycles. The Balaban J connectivity index is -0.000000591. The summed E-state index contributed by atoms with van der Waals surface area (Å²) in [5, 5.41) is 0. The summed E-state index contributed by atoms with van der Waals surface area (Å²) in [5.74, 6) is 0. The van der Waals surface area contributed by atoms with Crippen molar-refractivity contribution in [3.05, 3.63) is 190 Å². The standard InChI is InChI=1S/4C12H14.3CH4/c4*1-3-5-11-7-9-12(6-4-2)10-8-11;;;/h4*3-10H,1-2H3;3*1H4. The van der Waals surface area contributed by atoms with Gasteiger partial charge in [0, 0.05) is 0 Å². The number of rotatable bonds is 8. The van der Waals surface area contributed by atoms with Crippen LogP contribution in [0, 0.1) is 0 Å². The number of benzene rings is 4. The largest absolute Gasteiger partial charge is 0.0871 e. The van der Waals surface area contributed by atoms with Crippen molar-refractivity contribution >= 4 is 48.6 Å². The maximum atomic E-state index is 2.12. The topological polar surface area (TPSA) is 0 Å². The molecule has 0 heterocycles. The molecule has 0 saturated carbocycles. The molecule has 272 valence electrons. The van der Waals surface area contributed by atoms with Crippen molar-refractivity contribution in [3.63, 3.8) is 0 Å². The molecule has 0 aliphatic heterocycles. The van der Waals surface area contributed by atoms with E-state index in [9.17, 15) is 0 Å². The van der Waals surface area contributed by atoms with Crippen molar-refractivity contribution in [2.75, 3.05) is 0 Å². The molecule has 0 radical (unpaired) electrons. The van der Waals surface area contributed by atoms with Gasteiger partial charge in [-0.1, -0.05) is 217 Å². The second kappa shape index (κ2) is 33.3. The summed E-state index contributed by atoms with van der Waals surface area (Å²) in [6.45, 7) is 16.2. The van der Waals surface area contributed by atoms with Gasteiger partial charge in [0.15, 0.2) is 0 Å². The first-order valence-corrected chi connectivity index (χ1v) is 16.9. The van der Waals surface area contributed by atoms with E-state index in [0.717, 1.165) is 0 Å². The van der Waals surface area contributed by atoms with Crippen LogP contribution >= 0.6 is 0 Å². The van der Waals surface area contributed by atoms with E-state index in [4.69, 9.17) is 0 Å². The number of hydrogen-bond acceptors (Lipinski definition) is 0. The van der Waals surface area contributed by atoms with Crippen molar-refractivity contribution in [2.24, 2.45) is 0 Å². The molecule has 51 heavy (non-hydrogen) atoms. The van der Waals surface area contributed by atoms with Gasteiger partial charge in [-0.15, -0.1) is 0 Å². The zero-order valence-electron chi connectivity index (χ0n) is 30.5. The van der Waals surface area contributed by atoms with Gasteiger partial charge >= 0.3 is 0 Å². The SMILES string of the molecule is C.C.C.CC=Cc1ccc(C=CC)cc1.CC=Cc1ccc(C=CC)cc1.CC=Cc1ccc(C=CC)cc1.CC=Cc1ccc(C=CC)cc1. The summed E-state index contributed by atoms with van der Waals surface area (Å²) in [6, 6.07) is 33.9. The fraction of sp³-hybridized carbons (Fsp3) is 0.216. The summed E-state index contributed by atoms with van der Waals surface area (Å²) >= 11 is 0. The average molecular weight is 681 g/mol. The molecule has 4 rings (SSSR count). The minimum atomic E-state index is 0. The van der Waals surface area contributed by atoms with E-state index in [2.05, 4.69) is 146 Å². The molecule has 0 amide bonds. The molecule has 0 fully saturated rings. The fourth-order valence-corrected chi connectivity index (χ4v) is 4.41. The third-order valence-electron chi connectivity index (χ3n) is 6.62. The normalized spacial score (nSPS) is 10.8. The lowest BCUT2D eigenvalue weighted by Gasteiger charge is -1.94. The Morgan fingerprint density at radius 2 is 0.275 bits per heavy atom. The molecular weight excluding hydrogens is 613 g/mol. The minimum absolute atomic E-state index is 0. The first-order valence-electron chi connectivity index (χ1n) is 16.9. The molecule has 0 bridgehead atoms. The van der Waals surface area contributed by atoms with E-state index >= 15 is 0 Å². The van der Waals surface area contributed by atoms with Crippen LogP contribution in [0.2, 0.25) is 0 Å². The monoisotopic (exact) mass is 681 g/mol. The smallest absolute Gasteiger partial charge is 0.0260 e. The molecule has 0 atom stereocenters. The summed E-state index contributed by atoms with van der Waals surface area (Å²) in [6.07, 6.45) is 33.1. The fourth-order valence-electron chi connectivity index (χ4n) is 4.41. The summed E-state index contributed by atoms with van der Waals surface area (Å²) in [4.78, 5) is 0. The lowest BCUT2D eigenvalue weighted by molar-refractivity contribution is 1.60. The molecule has 0 spiro atoms. The number of hydrogen-bond donors (Lipinski definition) is 0. The van der Waals surface area contributed by atoms with Crippen LogP contribution in [0.25, 0.3) is 48.6 Å². The second-order valence-corrected chi connectivity index (χ2v) is 10.7. The predicted molar refractivity (Wildman–Crippen MR) is 244 cm³/mol. The Morgan fingerprint density at radius 1 is 0.196 bits per heavy atom. The second-order valence-electron chi connectivity index (χ2n) is 10.7. The first-order chi connectivity index (χ1) is 23.5. The van der Waals surface area contributed by atoms with Gasteiger partial charge in [-0.3, -0.25) is 0 Å². The zero-order chi connectivity index (χ0) is 35.2. The van der Waals surface area contributed by atoms with Crippen molar-refractivity contribution in [2.45, 2.75) is 77.7 Å². The van der Waals surface area contributed by atoms with Crippen LogP contribution in [-0.2, 0) is 0 Å². The van der Waals surface area contributed by atoms with Crippen LogP contribution in [0.5, 0.6) is 0 Å². The van der Waals surface area contributed by atoms with Crippen LogP contribution in [0.15, 0.2) is 146 Å². The first kappa shape index (κ1) is 50.2. The van der Waals surface area contributed by atoms with Crippen molar-refractivity contribution in [1.82, 2.24) is 0 Å². The van der Waals surface area contributed by atoms with Crippen molar-refractivity contribution in [3.8, 4) is 0 Å². The van der Waals surface area contributed by atoms with E-state index in [1.54, 1.807) is 0 Å². The molecule has 0 unspecified atom stereocenters. The highest BCUT2D eigenvalue weighted by atomic mass is 13.9. The van der Waals surface area contributed by atoms with Crippen LogP contribution in [0.1, 0.15) is 122 Å². The maximum Gasteiger partial charge on any atom is -0.0260 e. The van der Waals surface area contributed by atoms with Gasteiger partial charge in [0.25, 0.3) is 0 Å². The summed E-state index contributed by atoms with van der Waals surface area (Å²) < 4.78 is 0. The Labute approximate surface area is 315 Å². The molecule has 0 nitrogen and oxygen atoms in total. The molecule has 0 N–H and O–H groups in total. The van der Waals surface area contributed by atoms with Crippen LogP contribution in [0.3, 0.4) is 0 Å². The Bertz CT molecular complexity index is 1230. The number of allylic oxidation sites excluding steroid dienone is 8. The molecular formula is C51H68. The van der Waals surface area contributed by atoms with Gasteiger partial charge in [0.2, 0.25) is 0 Å². The highest BCUT2D eigenvalue weighted by Gasteiger charge is 1.88. The van der Waals surface area contributed by atoms with Crippen molar-refractivity contribution in [1.29, 1.82) is 0 Å². The van der Waals surface area contributed by atoms with Crippen LogP contribution in [0.4, 0.5) is 0 Å². The van der Waals surface area contributed by atoms with Gasteiger partial charge < -0.3 is 0 Å². The Hall–Kier alpha value is -5.20. The summed E-state index contributed by atoms with van der Waals surface area (Å²) in [7, 11) is 0. The average Bonchev–Trinajstić information content (AvgIpc) is 3.10. The van der Waals surface area contributed by atoms with E-state index in [0.29, 0.717) is 0 Å². The van der Waals surface area contributed by atoms with Gasteiger partial charge in [-0.05, 0) is 99.9 Å². The van der Waals surface area contributed by atoms with E-state index in [1.807, 2.05) is 104 Å². The molecule has 0 aromatic heterocycles. The van der Waals surface area contributed by atoms with E-state index < -0.39 is 0 Å². The third kappa shape index (κ3) is 23.7. The van der Waals surface area contributed by atoms with E-state index in [-0.39, 0.29) is 22.3 Å². The van der Waals surface area contributed by atoms with Gasteiger partial charge in [0.1, 0.15) is 0 Å². The van der Waals surface area contributed by atoms with Gasteiger partial charge in [-0.2, -0.15) is 0 Å². The van der Waals surface area contributed by atoms with Crippen LogP contribution in [-0.4, -0.2) is 0 Å². The van der Waals surface area contributed by atoms with Crippen molar-refractivity contribution < 1.29 is 0 Å². The van der Waals surface area contributed by atoms with Gasteiger partial charge in [0.05, 0.1) is 0 Å². The molecule has 0 aliphatic carbocycles. The Kier molecular flexibility index (Phi) is 32.8. The zero-order valence-corrected chi connectivity index (χ0v) is 30.5. The minimum Gasteiger partial charge on any atom is -0.0871 e. The van der Waals surface area contributed by atoms with Crippen LogP contribution < -0.4 is 0 Å². The molecule has 4 aromatic rings. The lowest BCUT2D eigenvalue weighted by atomic mass is 10.1. The van der Waals surface area contributed by atoms with E-state index in [1.165, 1.54) is 44.5 Å². The Morgan fingerprint density at radius 3 is 0.333 bits per heavy atom. The maximum absolute atomic E-state index is 2.12. The highest BCUT2D eigenvalue weighted by molar-refractivity contribution is 5.58. The lowest BCUT2D eigenvalue weighted by Crippen LogP contribution is -1.73. The molecule has 0 aliphatic rings. The molecule has 0 heteroatoms.